The Hall–Kier alpha value is -2.09. The lowest BCUT2D eigenvalue weighted by Crippen LogP contribution is -2.41. The van der Waals surface area contributed by atoms with Gasteiger partial charge in [-0.15, -0.1) is 0 Å². The van der Waals surface area contributed by atoms with Gasteiger partial charge in [-0.2, -0.15) is 4.31 Å². The van der Waals surface area contributed by atoms with Crippen LogP contribution in [0.25, 0.3) is 0 Å². The van der Waals surface area contributed by atoms with Crippen molar-refractivity contribution >= 4 is 38.9 Å². The Morgan fingerprint density at radius 3 is 2.52 bits per heavy atom. The smallest absolute Gasteiger partial charge is 0.243 e. The molecular formula is C23H28ClN3O3S. The first-order valence-corrected chi connectivity index (χ1v) is 12.5. The van der Waals surface area contributed by atoms with E-state index in [-0.39, 0.29) is 11.8 Å². The van der Waals surface area contributed by atoms with Gasteiger partial charge in [0.05, 0.1) is 21.3 Å². The number of hydrogen-bond acceptors (Lipinski definition) is 4. The first-order chi connectivity index (χ1) is 14.8. The summed E-state index contributed by atoms with van der Waals surface area (Å²) < 4.78 is 27.7. The Labute approximate surface area is 189 Å². The minimum absolute atomic E-state index is 0.0973. The third-order valence-corrected chi connectivity index (χ3v) is 8.42. The summed E-state index contributed by atoms with van der Waals surface area (Å²) in [5.74, 6) is -0.333. The number of benzene rings is 2. The number of nitrogens with zero attached hydrogens (tertiary/aromatic N) is 2. The molecule has 1 N–H and O–H groups in total. The SMILES string of the molecule is CN(C)c1c(Cl)cccc1NC(=O)C1CCN(S(=O)(=O)c2ccc3c(c2)CCC3)CC1. The Balaban J connectivity index is 1.42. The largest absolute Gasteiger partial charge is 0.375 e. The van der Waals surface area contributed by atoms with E-state index in [0.717, 1.165) is 30.5 Å². The lowest BCUT2D eigenvalue weighted by molar-refractivity contribution is -0.120. The Morgan fingerprint density at radius 2 is 1.81 bits per heavy atom. The second-order valence-electron chi connectivity index (χ2n) is 8.48. The van der Waals surface area contributed by atoms with Crippen molar-refractivity contribution < 1.29 is 13.2 Å². The first-order valence-electron chi connectivity index (χ1n) is 10.7. The van der Waals surface area contributed by atoms with Crippen LogP contribution in [0, 0.1) is 5.92 Å². The third kappa shape index (κ3) is 4.45. The maximum Gasteiger partial charge on any atom is 0.243 e. The number of piperidine rings is 1. The highest BCUT2D eigenvalue weighted by molar-refractivity contribution is 7.89. The molecule has 0 unspecified atom stereocenters. The number of rotatable bonds is 5. The fraction of sp³-hybridized carbons (Fsp3) is 0.435. The summed E-state index contributed by atoms with van der Waals surface area (Å²) in [5.41, 5.74) is 3.82. The van der Waals surface area contributed by atoms with E-state index in [4.69, 9.17) is 11.6 Å². The topological polar surface area (TPSA) is 69.7 Å². The van der Waals surface area contributed by atoms with Crippen LogP contribution in [0.5, 0.6) is 0 Å². The maximum absolute atomic E-state index is 13.1. The average molecular weight is 462 g/mol. The predicted octanol–water partition coefficient (Wildman–Crippen LogP) is 3.93. The minimum atomic E-state index is -3.54. The number of sulfonamides is 1. The minimum Gasteiger partial charge on any atom is -0.375 e. The van der Waals surface area contributed by atoms with Crippen molar-refractivity contribution in [2.75, 3.05) is 37.4 Å². The van der Waals surface area contributed by atoms with Gasteiger partial charge in [-0.25, -0.2) is 8.42 Å². The summed E-state index contributed by atoms with van der Waals surface area (Å²) in [6.07, 6.45) is 4.04. The summed E-state index contributed by atoms with van der Waals surface area (Å²) in [7, 11) is 0.211. The molecule has 0 spiro atoms. The molecule has 0 bridgehead atoms. The molecule has 166 valence electrons. The molecule has 1 fully saturated rings. The molecule has 0 radical (unpaired) electrons. The van der Waals surface area contributed by atoms with Gasteiger partial charge in [0.25, 0.3) is 0 Å². The van der Waals surface area contributed by atoms with E-state index < -0.39 is 10.0 Å². The van der Waals surface area contributed by atoms with Crippen molar-refractivity contribution in [3.05, 3.63) is 52.5 Å². The normalized spacial score (nSPS) is 17.4. The van der Waals surface area contributed by atoms with Crippen LogP contribution in [0.2, 0.25) is 5.02 Å². The molecule has 2 aromatic carbocycles. The van der Waals surface area contributed by atoms with Gasteiger partial charge in [-0.3, -0.25) is 4.79 Å². The number of halogens is 1. The van der Waals surface area contributed by atoms with Gasteiger partial charge in [-0.1, -0.05) is 23.7 Å². The van der Waals surface area contributed by atoms with Gasteiger partial charge >= 0.3 is 0 Å². The highest BCUT2D eigenvalue weighted by Crippen LogP contribution is 2.34. The van der Waals surface area contributed by atoms with E-state index >= 15 is 0 Å². The molecule has 1 heterocycles. The lowest BCUT2D eigenvalue weighted by Gasteiger charge is -2.31. The van der Waals surface area contributed by atoms with Crippen LogP contribution in [0.3, 0.4) is 0 Å². The number of carbonyl (C=O) groups excluding carboxylic acids is 1. The number of para-hydroxylation sites is 1. The first kappa shape index (κ1) is 22.1. The predicted molar refractivity (Wildman–Crippen MR) is 124 cm³/mol. The van der Waals surface area contributed by atoms with Gasteiger partial charge < -0.3 is 10.2 Å². The van der Waals surface area contributed by atoms with E-state index in [0.29, 0.717) is 41.5 Å². The Kier molecular flexibility index (Phi) is 6.28. The molecule has 4 rings (SSSR count). The molecule has 8 heteroatoms. The molecule has 1 aliphatic heterocycles. The molecule has 0 saturated carbocycles. The molecule has 1 saturated heterocycles. The lowest BCUT2D eigenvalue weighted by atomic mass is 9.97. The molecule has 0 aromatic heterocycles. The molecular weight excluding hydrogens is 434 g/mol. The van der Waals surface area contributed by atoms with Crippen LogP contribution in [-0.4, -0.2) is 45.8 Å². The molecule has 1 amide bonds. The van der Waals surface area contributed by atoms with Crippen LogP contribution < -0.4 is 10.2 Å². The summed E-state index contributed by atoms with van der Waals surface area (Å²) in [6, 6.07) is 10.9. The third-order valence-electron chi connectivity index (χ3n) is 6.22. The zero-order valence-electron chi connectivity index (χ0n) is 17.9. The van der Waals surface area contributed by atoms with E-state index in [1.807, 2.05) is 37.2 Å². The zero-order chi connectivity index (χ0) is 22.2. The monoisotopic (exact) mass is 461 g/mol. The summed E-state index contributed by atoms with van der Waals surface area (Å²) >= 11 is 6.29. The van der Waals surface area contributed by atoms with E-state index in [1.54, 1.807) is 18.2 Å². The molecule has 0 atom stereocenters. The molecule has 2 aliphatic rings. The highest BCUT2D eigenvalue weighted by atomic mass is 35.5. The van der Waals surface area contributed by atoms with Gasteiger partial charge in [-0.05, 0) is 67.5 Å². The quantitative estimate of drug-likeness (QED) is 0.732. The van der Waals surface area contributed by atoms with Crippen molar-refractivity contribution in [1.82, 2.24) is 4.31 Å². The van der Waals surface area contributed by atoms with Crippen LogP contribution in [0.4, 0.5) is 11.4 Å². The number of hydrogen-bond donors (Lipinski definition) is 1. The number of fused-ring (bicyclic) bond motifs is 1. The van der Waals surface area contributed by atoms with E-state index in [1.165, 1.54) is 9.87 Å². The van der Waals surface area contributed by atoms with Crippen LogP contribution in [0.15, 0.2) is 41.3 Å². The standard InChI is InChI=1S/C23H28ClN3O3S/c1-26(2)22-20(24)7-4-8-21(22)25-23(28)17-11-13-27(14-12-17)31(29,30)19-10-9-16-5-3-6-18(16)15-19/h4,7-10,15,17H,3,5-6,11-14H2,1-2H3,(H,25,28). The number of aryl methyl sites for hydroxylation is 2. The van der Waals surface area contributed by atoms with Crippen LogP contribution in [0.1, 0.15) is 30.4 Å². The average Bonchev–Trinajstić information content (AvgIpc) is 3.21. The van der Waals surface area contributed by atoms with Crippen LogP contribution in [-0.2, 0) is 27.7 Å². The second-order valence-corrected chi connectivity index (χ2v) is 10.8. The molecule has 6 nitrogen and oxygen atoms in total. The summed E-state index contributed by atoms with van der Waals surface area (Å²) in [4.78, 5) is 15.1. The van der Waals surface area contributed by atoms with Crippen molar-refractivity contribution in [2.24, 2.45) is 5.92 Å². The summed E-state index contributed by atoms with van der Waals surface area (Å²) in [6.45, 7) is 0.682. The van der Waals surface area contributed by atoms with Crippen molar-refractivity contribution in [2.45, 2.75) is 37.0 Å². The fourth-order valence-corrected chi connectivity index (χ4v) is 6.39. The van der Waals surface area contributed by atoms with Gasteiger partial charge in [0, 0.05) is 33.1 Å². The van der Waals surface area contributed by atoms with E-state index in [2.05, 4.69) is 5.32 Å². The maximum atomic E-state index is 13.1. The number of anilines is 2. The Bertz CT molecular complexity index is 1090. The number of nitrogens with one attached hydrogen (secondary N) is 1. The van der Waals surface area contributed by atoms with Crippen molar-refractivity contribution in [3.8, 4) is 0 Å². The molecule has 1 aliphatic carbocycles. The number of amides is 1. The Morgan fingerprint density at radius 1 is 1.10 bits per heavy atom. The highest BCUT2D eigenvalue weighted by Gasteiger charge is 2.33. The van der Waals surface area contributed by atoms with Gasteiger partial charge in [0.1, 0.15) is 0 Å². The fourth-order valence-electron chi connectivity index (χ4n) is 4.52. The number of carbonyl (C=O) groups is 1. The zero-order valence-corrected chi connectivity index (χ0v) is 19.5. The molecule has 31 heavy (non-hydrogen) atoms. The second kappa shape index (κ2) is 8.81. The molecule has 2 aromatic rings. The van der Waals surface area contributed by atoms with E-state index in [9.17, 15) is 13.2 Å². The van der Waals surface area contributed by atoms with Crippen molar-refractivity contribution in [3.63, 3.8) is 0 Å². The van der Waals surface area contributed by atoms with Crippen LogP contribution >= 0.6 is 11.6 Å². The van der Waals surface area contributed by atoms with Crippen molar-refractivity contribution in [1.29, 1.82) is 0 Å². The summed E-state index contributed by atoms with van der Waals surface area (Å²) in [5, 5.41) is 3.55. The van der Waals surface area contributed by atoms with Gasteiger partial charge in [0.15, 0.2) is 0 Å². The van der Waals surface area contributed by atoms with Gasteiger partial charge in [0.2, 0.25) is 15.9 Å².